The summed E-state index contributed by atoms with van der Waals surface area (Å²) in [5.74, 6) is -0.196. The second-order valence-corrected chi connectivity index (χ2v) is 8.80. The van der Waals surface area contributed by atoms with Crippen LogP contribution in [0.2, 0.25) is 0 Å². The number of aromatic nitrogens is 1. The van der Waals surface area contributed by atoms with Gasteiger partial charge in [0.25, 0.3) is 11.6 Å². The molecule has 1 aliphatic heterocycles. The van der Waals surface area contributed by atoms with Gasteiger partial charge in [0.1, 0.15) is 0 Å². The van der Waals surface area contributed by atoms with Crippen molar-refractivity contribution in [2.45, 2.75) is 27.7 Å². The monoisotopic (exact) mass is 446 g/mol. The minimum Gasteiger partial charge on any atom is -0.318 e. The maximum absolute atomic E-state index is 12.5. The van der Waals surface area contributed by atoms with Crippen molar-refractivity contribution in [1.82, 2.24) is 9.88 Å². The van der Waals surface area contributed by atoms with Crippen molar-refractivity contribution in [3.63, 3.8) is 0 Å². The molecule has 4 rings (SSSR count). The van der Waals surface area contributed by atoms with Crippen LogP contribution in [0.1, 0.15) is 28.1 Å². The molecule has 2 heterocycles. The number of nitrogens with zero attached hydrogens (tertiary/aromatic N) is 3. The Morgan fingerprint density at radius 2 is 1.78 bits per heavy atom. The van der Waals surface area contributed by atoms with E-state index in [4.69, 9.17) is 0 Å². The Hall–Kier alpha value is -3.65. The Morgan fingerprint density at radius 3 is 2.47 bits per heavy atom. The number of carbonyl (C=O) groups is 1. The topological polar surface area (TPSA) is 89.5 Å². The molecule has 1 amide bonds. The van der Waals surface area contributed by atoms with E-state index in [1.165, 1.54) is 17.8 Å². The van der Waals surface area contributed by atoms with Crippen LogP contribution < -0.4 is 5.32 Å². The van der Waals surface area contributed by atoms with Gasteiger partial charge >= 0.3 is 0 Å². The standard InChI is InChI=1S/C24H22N4O3S/c1-14-8-15(2)10-19(9-14)25-24-26-23(29)22(32-24)12-18-11-16(3)27(17(18)4)20-6-5-7-21(13-20)28(30)31/h5-13H,1-4H3,(H,25,26,29). The van der Waals surface area contributed by atoms with Crippen LogP contribution in [-0.2, 0) is 4.79 Å². The lowest BCUT2D eigenvalue weighted by Crippen LogP contribution is -2.19. The van der Waals surface area contributed by atoms with Crippen molar-refractivity contribution in [2.75, 3.05) is 0 Å². The smallest absolute Gasteiger partial charge is 0.271 e. The van der Waals surface area contributed by atoms with Gasteiger partial charge in [-0.25, -0.2) is 4.99 Å². The quantitative estimate of drug-likeness (QED) is 0.325. The van der Waals surface area contributed by atoms with E-state index in [1.54, 1.807) is 12.1 Å². The maximum atomic E-state index is 12.5. The largest absolute Gasteiger partial charge is 0.318 e. The average molecular weight is 447 g/mol. The molecule has 1 aromatic heterocycles. The van der Waals surface area contributed by atoms with Gasteiger partial charge in [-0.05, 0) is 86.5 Å². The summed E-state index contributed by atoms with van der Waals surface area (Å²) in [6, 6.07) is 14.5. The first-order valence-electron chi connectivity index (χ1n) is 10.0. The van der Waals surface area contributed by atoms with Crippen molar-refractivity contribution in [3.8, 4) is 5.69 Å². The van der Waals surface area contributed by atoms with E-state index in [2.05, 4.69) is 16.4 Å². The van der Waals surface area contributed by atoms with E-state index in [0.29, 0.717) is 15.8 Å². The molecule has 162 valence electrons. The molecule has 0 bridgehead atoms. The predicted octanol–water partition coefficient (Wildman–Crippen LogP) is 5.51. The Labute approximate surface area is 190 Å². The maximum Gasteiger partial charge on any atom is 0.271 e. The fraction of sp³-hybridized carbons (Fsp3) is 0.167. The number of hydrogen-bond donors (Lipinski definition) is 1. The fourth-order valence-corrected chi connectivity index (χ4v) is 4.66. The molecule has 1 N–H and O–H groups in total. The normalized spacial score (nSPS) is 16.1. The molecule has 0 saturated carbocycles. The van der Waals surface area contributed by atoms with Crippen LogP contribution in [0, 0.1) is 37.8 Å². The number of aliphatic imine (C=N–C) groups is 1. The summed E-state index contributed by atoms with van der Waals surface area (Å²) in [6.45, 7) is 7.89. The van der Waals surface area contributed by atoms with Gasteiger partial charge in [0.05, 0.1) is 21.2 Å². The summed E-state index contributed by atoms with van der Waals surface area (Å²) in [5, 5.41) is 14.5. The molecule has 1 fully saturated rings. The number of thioether (sulfide) groups is 1. The third-order valence-corrected chi connectivity index (χ3v) is 6.05. The number of nitro benzene ring substituents is 1. The number of nitrogens with one attached hydrogen (secondary N) is 1. The Bertz CT molecular complexity index is 1300. The summed E-state index contributed by atoms with van der Waals surface area (Å²) in [4.78, 5) is 28.4. The van der Waals surface area contributed by atoms with Gasteiger partial charge < -0.3 is 9.88 Å². The van der Waals surface area contributed by atoms with Crippen molar-refractivity contribution in [1.29, 1.82) is 0 Å². The third-order valence-electron chi connectivity index (χ3n) is 5.14. The fourth-order valence-electron chi connectivity index (χ4n) is 3.83. The zero-order valence-corrected chi connectivity index (χ0v) is 19.0. The Balaban J connectivity index is 1.65. The summed E-state index contributed by atoms with van der Waals surface area (Å²) in [7, 11) is 0. The number of benzene rings is 2. The van der Waals surface area contributed by atoms with Crippen molar-refractivity contribution in [2.24, 2.45) is 4.99 Å². The highest BCUT2D eigenvalue weighted by atomic mass is 32.2. The van der Waals surface area contributed by atoms with Crippen LogP contribution in [0.25, 0.3) is 11.8 Å². The highest BCUT2D eigenvalue weighted by molar-refractivity contribution is 8.18. The van der Waals surface area contributed by atoms with Crippen LogP contribution in [0.3, 0.4) is 0 Å². The van der Waals surface area contributed by atoms with Gasteiger partial charge in [-0.2, -0.15) is 0 Å². The number of nitro groups is 1. The molecule has 0 aliphatic carbocycles. The average Bonchev–Trinajstić information content (AvgIpc) is 3.19. The second-order valence-electron chi connectivity index (χ2n) is 7.77. The van der Waals surface area contributed by atoms with Gasteiger partial charge in [0.15, 0.2) is 5.17 Å². The Kier molecular flexibility index (Phi) is 5.71. The number of non-ortho nitro benzene ring substituents is 1. The van der Waals surface area contributed by atoms with E-state index in [-0.39, 0.29) is 11.6 Å². The highest BCUT2D eigenvalue weighted by Gasteiger charge is 2.25. The molecule has 0 spiro atoms. The van der Waals surface area contributed by atoms with Crippen molar-refractivity contribution >= 4 is 40.3 Å². The second kappa shape index (κ2) is 8.47. The van der Waals surface area contributed by atoms with Crippen LogP contribution >= 0.6 is 11.8 Å². The first-order chi connectivity index (χ1) is 15.2. The SMILES string of the molecule is Cc1cc(C)cc(N=C2NC(=O)C(=Cc3cc(C)n(-c4cccc([N+](=O)[O-])c4)c3C)S2)c1. The molecule has 0 atom stereocenters. The van der Waals surface area contributed by atoms with Crippen LogP contribution in [0.5, 0.6) is 0 Å². The number of hydrogen-bond acceptors (Lipinski definition) is 5. The van der Waals surface area contributed by atoms with E-state index >= 15 is 0 Å². The summed E-state index contributed by atoms with van der Waals surface area (Å²) in [6.07, 6.45) is 1.83. The summed E-state index contributed by atoms with van der Waals surface area (Å²) < 4.78 is 1.95. The van der Waals surface area contributed by atoms with Gasteiger partial charge in [-0.1, -0.05) is 12.1 Å². The zero-order valence-electron chi connectivity index (χ0n) is 18.2. The van der Waals surface area contributed by atoms with E-state index in [1.807, 2.05) is 62.6 Å². The van der Waals surface area contributed by atoms with Crippen molar-refractivity contribution in [3.05, 3.63) is 91.6 Å². The molecule has 0 unspecified atom stereocenters. The summed E-state index contributed by atoms with van der Waals surface area (Å²) in [5.41, 5.74) is 6.46. The van der Waals surface area contributed by atoms with Gasteiger partial charge in [-0.15, -0.1) is 0 Å². The van der Waals surface area contributed by atoms with Crippen molar-refractivity contribution < 1.29 is 9.72 Å². The van der Waals surface area contributed by atoms with E-state index in [9.17, 15) is 14.9 Å². The molecule has 1 aliphatic rings. The van der Waals surface area contributed by atoms with Gasteiger partial charge in [0.2, 0.25) is 0 Å². The van der Waals surface area contributed by atoms with Crippen LogP contribution in [0.4, 0.5) is 11.4 Å². The number of amides is 1. The molecule has 8 heteroatoms. The summed E-state index contributed by atoms with van der Waals surface area (Å²) >= 11 is 1.30. The third kappa shape index (κ3) is 4.36. The molecular weight excluding hydrogens is 424 g/mol. The van der Waals surface area contributed by atoms with Gasteiger partial charge in [0, 0.05) is 23.5 Å². The molecular formula is C24H22N4O3S. The number of rotatable bonds is 4. The first kappa shape index (κ1) is 21.6. The molecule has 7 nitrogen and oxygen atoms in total. The highest BCUT2D eigenvalue weighted by Crippen LogP contribution is 2.31. The number of aryl methyl sites for hydroxylation is 3. The Morgan fingerprint density at radius 1 is 1.06 bits per heavy atom. The number of amidine groups is 1. The van der Waals surface area contributed by atoms with E-state index < -0.39 is 4.92 Å². The molecule has 1 saturated heterocycles. The minimum atomic E-state index is -0.406. The first-order valence-corrected chi connectivity index (χ1v) is 10.8. The number of carbonyl (C=O) groups excluding carboxylic acids is 1. The van der Waals surface area contributed by atoms with Gasteiger partial charge in [-0.3, -0.25) is 14.9 Å². The lowest BCUT2D eigenvalue weighted by molar-refractivity contribution is -0.384. The molecule has 2 aromatic carbocycles. The minimum absolute atomic E-state index is 0.0351. The molecule has 0 radical (unpaired) electrons. The molecule has 3 aromatic rings. The van der Waals surface area contributed by atoms with Crippen LogP contribution in [-0.4, -0.2) is 20.6 Å². The lowest BCUT2D eigenvalue weighted by Gasteiger charge is -2.09. The van der Waals surface area contributed by atoms with Crippen LogP contribution in [0.15, 0.2) is 58.4 Å². The lowest BCUT2D eigenvalue weighted by atomic mass is 10.1. The molecule has 32 heavy (non-hydrogen) atoms. The predicted molar refractivity (Wildman–Crippen MR) is 129 cm³/mol. The van der Waals surface area contributed by atoms with E-state index in [0.717, 1.165) is 33.8 Å². The zero-order chi connectivity index (χ0) is 23.0.